The Balaban J connectivity index is 4.98. The van der Waals surface area contributed by atoms with Gasteiger partial charge in [0.1, 0.15) is 0 Å². The Kier molecular flexibility index (Phi) is 6.84. The maximum Gasteiger partial charge on any atom is 0.331 e. The van der Waals surface area contributed by atoms with Crippen LogP contribution < -0.4 is 0 Å². The zero-order valence-electron chi connectivity index (χ0n) is 11.1. The van der Waals surface area contributed by atoms with Crippen molar-refractivity contribution in [2.24, 2.45) is 5.92 Å². The van der Waals surface area contributed by atoms with Gasteiger partial charge < -0.3 is 9.79 Å². The van der Waals surface area contributed by atoms with E-state index in [4.69, 9.17) is 0 Å². The lowest BCUT2D eigenvalue weighted by Crippen LogP contribution is -2.35. The van der Waals surface area contributed by atoms with Crippen LogP contribution in [0.2, 0.25) is 0 Å². The molecule has 0 heterocycles. The number of hydrogen-bond acceptors (Lipinski definition) is 1. The molecule has 0 aliphatic rings. The van der Waals surface area contributed by atoms with Gasteiger partial charge in [-0.15, -0.1) is 0 Å². The Morgan fingerprint density at radius 3 is 1.62 bits per heavy atom. The molecule has 0 fully saturated rings. The van der Waals surface area contributed by atoms with Crippen LogP contribution in [0, 0.1) is 5.92 Å². The molecule has 98 valence electrons. The first-order chi connectivity index (χ1) is 7.31. The summed E-state index contributed by atoms with van der Waals surface area (Å²) in [5.41, 5.74) is 0. The molecule has 0 aromatic rings. The van der Waals surface area contributed by atoms with E-state index in [-0.39, 0.29) is 5.92 Å². The van der Waals surface area contributed by atoms with Gasteiger partial charge in [0.15, 0.2) is 0 Å². The number of rotatable bonds is 8. The van der Waals surface area contributed by atoms with Crippen LogP contribution in [0.5, 0.6) is 0 Å². The fraction of sp³-hybridized carbons (Fsp3) is 1.00. The first-order valence-electron chi connectivity index (χ1n) is 6.37. The molecule has 0 radical (unpaired) electrons. The first-order valence-corrected chi connectivity index (χ1v) is 7.98. The van der Waals surface area contributed by atoms with Crippen LogP contribution in [0.15, 0.2) is 0 Å². The zero-order chi connectivity index (χ0) is 12.8. The molecule has 0 aliphatic carbocycles. The van der Waals surface area contributed by atoms with E-state index in [9.17, 15) is 14.4 Å². The lowest BCUT2D eigenvalue weighted by atomic mass is 9.85. The second kappa shape index (κ2) is 6.78. The molecule has 0 saturated carbocycles. The largest absolute Gasteiger partial charge is 0.331 e. The van der Waals surface area contributed by atoms with E-state index in [0.717, 1.165) is 25.7 Å². The smallest absolute Gasteiger partial charge is 0.324 e. The van der Waals surface area contributed by atoms with Crippen LogP contribution in [0.25, 0.3) is 0 Å². The molecule has 0 spiro atoms. The molecule has 0 aromatic carbocycles. The summed E-state index contributed by atoms with van der Waals surface area (Å²) in [5.74, 6) is 0.0337. The number of unbranched alkanes of at least 4 members (excludes halogenated alkanes) is 2. The normalized spacial score (nSPS) is 13.4. The Hall–Kier alpha value is 0.150. The highest BCUT2D eigenvalue weighted by Crippen LogP contribution is 2.59. The van der Waals surface area contributed by atoms with Gasteiger partial charge >= 0.3 is 7.60 Å². The molecule has 0 aromatic heterocycles. The molecule has 0 unspecified atom stereocenters. The van der Waals surface area contributed by atoms with Gasteiger partial charge in [-0.3, -0.25) is 4.57 Å². The van der Waals surface area contributed by atoms with Crippen molar-refractivity contribution >= 4 is 7.60 Å². The lowest BCUT2D eigenvalue weighted by Gasteiger charge is -2.38. The van der Waals surface area contributed by atoms with Crippen molar-refractivity contribution in [3.05, 3.63) is 0 Å². The Bertz CT molecular complexity index is 224. The van der Waals surface area contributed by atoms with E-state index in [0.29, 0.717) is 12.8 Å². The standard InChI is InChI=1S/C12H27O3P/c1-5-7-9-12(11(3)4,10-8-6-2)16(13,14)15/h11H,5-10H2,1-4H3,(H2,13,14,15). The van der Waals surface area contributed by atoms with Crippen LogP contribution in [0.3, 0.4) is 0 Å². The SMILES string of the molecule is CCCCC(CCCC)(C(C)C)P(=O)(O)O. The molecule has 0 bridgehead atoms. The van der Waals surface area contributed by atoms with E-state index in [1.807, 2.05) is 13.8 Å². The minimum atomic E-state index is -4.02. The lowest BCUT2D eigenvalue weighted by molar-refractivity contribution is 0.255. The first kappa shape index (κ1) is 16.1. The van der Waals surface area contributed by atoms with E-state index in [1.165, 1.54) is 0 Å². The summed E-state index contributed by atoms with van der Waals surface area (Å²) in [5, 5.41) is -0.793. The fourth-order valence-corrected chi connectivity index (χ4v) is 3.87. The summed E-state index contributed by atoms with van der Waals surface area (Å²) >= 11 is 0. The van der Waals surface area contributed by atoms with Gasteiger partial charge in [0.05, 0.1) is 5.16 Å². The summed E-state index contributed by atoms with van der Waals surface area (Å²) in [7, 11) is -4.02. The predicted molar refractivity (Wildman–Crippen MR) is 68.7 cm³/mol. The molecule has 0 atom stereocenters. The third-order valence-corrected chi connectivity index (χ3v) is 5.71. The maximum absolute atomic E-state index is 11.8. The summed E-state index contributed by atoms with van der Waals surface area (Å²) in [6.07, 6.45) is 5.05. The van der Waals surface area contributed by atoms with E-state index < -0.39 is 12.8 Å². The van der Waals surface area contributed by atoms with E-state index in [2.05, 4.69) is 13.8 Å². The summed E-state index contributed by atoms with van der Waals surface area (Å²) in [6.45, 7) is 7.99. The Morgan fingerprint density at radius 1 is 1.06 bits per heavy atom. The Morgan fingerprint density at radius 2 is 1.44 bits per heavy atom. The topological polar surface area (TPSA) is 57.5 Å². The summed E-state index contributed by atoms with van der Waals surface area (Å²) in [4.78, 5) is 19.3. The minimum Gasteiger partial charge on any atom is -0.324 e. The predicted octanol–water partition coefficient (Wildman–Crippen LogP) is 3.94. The monoisotopic (exact) mass is 250 g/mol. The molecule has 0 amide bonds. The van der Waals surface area contributed by atoms with Gasteiger partial charge in [-0.2, -0.15) is 0 Å². The molecule has 2 N–H and O–H groups in total. The van der Waals surface area contributed by atoms with Crippen molar-refractivity contribution in [1.29, 1.82) is 0 Å². The number of hydrogen-bond donors (Lipinski definition) is 2. The van der Waals surface area contributed by atoms with Crippen LogP contribution in [-0.2, 0) is 4.57 Å². The second-order valence-electron chi connectivity index (χ2n) is 5.01. The fourth-order valence-electron chi connectivity index (χ4n) is 2.30. The van der Waals surface area contributed by atoms with Gasteiger partial charge in [0, 0.05) is 0 Å². The van der Waals surface area contributed by atoms with Crippen LogP contribution in [0.1, 0.15) is 66.2 Å². The average Bonchev–Trinajstić information content (AvgIpc) is 2.16. The van der Waals surface area contributed by atoms with Crippen LogP contribution in [0.4, 0.5) is 0 Å². The quantitative estimate of drug-likeness (QED) is 0.641. The molecule has 4 heteroatoms. The Labute approximate surface area is 99.8 Å². The van der Waals surface area contributed by atoms with Crippen molar-refractivity contribution in [2.45, 2.75) is 71.4 Å². The second-order valence-corrected chi connectivity index (χ2v) is 6.99. The maximum atomic E-state index is 11.8. The summed E-state index contributed by atoms with van der Waals surface area (Å²) in [6, 6.07) is 0. The van der Waals surface area contributed by atoms with Crippen molar-refractivity contribution < 1.29 is 14.4 Å². The van der Waals surface area contributed by atoms with Crippen molar-refractivity contribution in [3.63, 3.8) is 0 Å². The molecular formula is C12H27O3P. The van der Waals surface area contributed by atoms with Crippen molar-refractivity contribution in [2.75, 3.05) is 0 Å². The molecule has 3 nitrogen and oxygen atoms in total. The molecule has 0 aliphatic heterocycles. The minimum absolute atomic E-state index is 0.0337. The van der Waals surface area contributed by atoms with E-state index in [1.54, 1.807) is 0 Å². The van der Waals surface area contributed by atoms with Crippen LogP contribution in [-0.4, -0.2) is 14.9 Å². The average molecular weight is 250 g/mol. The van der Waals surface area contributed by atoms with Gasteiger partial charge in [-0.25, -0.2) is 0 Å². The van der Waals surface area contributed by atoms with Gasteiger partial charge in [0.2, 0.25) is 0 Å². The van der Waals surface area contributed by atoms with Crippen LogP contribution >= 0.6 is 7.60 Å². The molecular weight excluding hydrogens is 223 g/mol. The van der Waals surface area contributed by atoms with Crippen molar-refractivity contribution in [1.82, 2.24) is 0 Å². The van der Waals surface area contributed by atoms with Crippen molar-refractivity contribution in [3.8, 4) is 0 Å². The van der Waals surface area contributed by atoms with Gasteiger partial charge in [-0.05, 0) is 18.8 Å². The highest BCUT2D eigenvalue weighted by Gasteiger charge is 2.47. The molecule has 0 saturated heterocycles. The third kappa shape index (κ3) is 3.87. The zero-order valence-corrected chi connectivity index (χ0v) is 12.0. The third-order valence-electron chi connectivity index (χ3n) is 3.58. The van der Waals surface area contributed by atoms with Gasteiger partial charge in [0.25, 0.3) is 0 Å². The molecule has 16 heavy (non-hydrogen) atoms. The van der Waals surface area contributed by atoms with Gasteiger partial charge in [-0.1, -0.05) is 53.4 Å². The highest BCUT2D eigenvalue weighted by atomic mass is 31.2. The highest BCUT2D eigenvalue weighted by molar-refractivity contribution is 7.53. The summed E-state index contributed by atoms with van der Waals surface area (Å²) < 4.78 is 11.8. The van der Waals surface area contributed by atoms with E-state index >= 15 is 0 Å². The molecule has 0 rings (SSSR count).